The van der Waals surface area contributed by atoms with Gasteiger partial charge in [0.15, 0.2) is 0 Å². The highest BCUT2D eigenvalue weighted by atomic mass is 16.4. The Morgan fingerprint density at radius 1 is 1.06 bits per heavy atom. The van der Waals surface area contributed by atoms with Crippen molar-refractivity contribution in [2.45, 2.75) is 39.5 Å². The van der Waals surface area contributed by atoms with Gasteiger partial charge in [-0.25, -0.2) is 0 Å². The van der Waals surface area contributed by atoms with Crippen LogP contribution in [0.4, 0.5) is 0 Å². The molecule has 0 saturated heterocycles. The van der Waals surface area contributed by atoms with E-state index in [1.54, 1.807) is 4.90 Å². The third kappa shape index (κ3) is 7.65. The summed E-state index contributed by atoms with van der Waals surface area (Å²) in [4.78, 5) is 34.8. The number of rotatable bonds is 9. The molecule has 0 atom stereocenters. The van der Waals surface area contributed by atoms with Gasteiger partial charge in [0.1, 0.15) is 0 Å². The second-order valence-corrected chi connectivity index (χ2v) is 3.91. The van der Waals surface area contributed by atoms with Crippen molar-refractivity contribution in [2.75, 3.05) is 19.6 Å². The summed E-state index contributed by atoms with van der Waals surface area (Å²) in [5.74, 6) is -1.09. The van der Waals surface area contributed by atoms with Crippen molar-refractivity contribution in [1.29, 1.82) is 0 Å². The van der Waals surface area contributed by atoms with E-state index in [0.29, 0.717) is 26.1 Å². The predicted molar refractivity (Wildman–Crippen MR) is 67.0 cm³/mol. The van der Waals surface area contributed by atoms with Crippen molar-refractivity contribution in [1.82, 2.24) is 10.2 Å². The lowest BCUT2D eigenvalue weighted by Crippen LogP contribution is -2.34. The summed E-state index contributed by atoms with van der Waals surface area (Å²) in [5.41, 5.74) is 0. The van der Waals surface area contributed by atoms with Crippen LogP contribution in [0.1, 0.15) is 39.5 Å². The largest absolute Gasteiger partial charge is 0.481 e. The number of hydrogen-bond acceptors (Lipinski definition) is 3. The molecular formula is C12H22N2O4. The molecule has 0 spiro atoms. The van der Waals surface area contributed by atoms with E-state index in [9.17, 15) is 14.4 Å². The number of hydrogen-bond donors (Lipinski definition) is 2. The maximum atomic E-state index is 11.6. The number of amides is 2. The van der Waals surface area contributed by atoms with Gasteiger partial charge in [-0.2, -0.15) is 0 Å². The van der Waals surface area contributed by atoms with Gasteiger partial charge >= 0.3 is 5.97 Å². The SMILES string of the molecule is CCN(CC)C(=O)CCNC(=O)CCCC(=O)O. The Morgan fingerprint density at radius 3 is 2.17 bits per heavy atom. The lowest BCUT2D eigenvalue weighted by atomic mass is 10.2. The minimum Gasteiger partial charge on any atom is -0.481 e. The van der Waals surface area contributed by atoms with Crippen LogP contribution in [-0.4, -0.2) is 47.4 Å². The van der Waals surface area contributed by atoms with Gasteiger partial charge in [-0.05, 0) is 20.3 Å². The van der Waals surface area contributed by atoms with Gasteiger partial charge in [-0.1, -0.05) is 0 Å². The third-order valence-electron chi connectivity index (χ3n) is 2.57. The lowest BCUT2D eigenvalue weighted by molar-refractivity contribution is -0.137. The highest BCUT2D eigenvalue weighted by Crippen LogP contribution is 1.96. The molecule has 2 amide bonds. The molecule has 0 fully saturated rings. The van der Waals surface area contributed by atoms with Gasteiger partial charge in [0.25, 0.3) is 0 Å². The zero-order chi connectivity index (χ0) is 14.0. The van der Waals surface area contributed by atoms with Crippen molar-refractivity contribution >= 4 is 17.8 Å². The van der Waals surface area contributed by atoms with E-state index in [1.165, 1.54) is 0 Å². The maximum Gasteiger partial charge on any atom is 0.303 e. The van der Waals surface area contributed by atoms with Crippen LogP contribution in [0, 0.1) is 0 Å². The molecule has 0 aromatic rings. The third-order valence-corrected chi connectivity index (χ3v) is 2.57. The number of carbonyl (C=O) groups excluding carboxylic acids is 2. The molecule has 0 rings (SSSR count). The van der Waals surface area contributed by atoms with Gasteiger partial charge in [-0.3, -0.25) is 14.4 Å². The summed E-state index contributed by atoms with van der Waals surface area (Å²) in [5, 5.41) is 11.0. The van der Waals surface area contributed by atoms with E-state index in [0.717, 1.165) is 0 Å². The van der Waals surface area contributed by atoms with Crippen molar-refractivity contribution in [2.24, 2.45) is 0 Å². The zero-order valence-corrected chi connectivity index (χ0v) is 11.1. The first-order valence-corrected chi connectivity index (χ1v) is 6.27. The topological polar surface area (TPSA) is 86.7 Å². The van der Waals surface area contributed by atoms with Gasteiger partial charge < -0.3 is 15.3 Å². The molecule has 0 heterocycles. The molecule has 0 radical (unpaired) electrons. The molecule has 0 aliphatic carbocycles. The highest BCUT2D eigenvalue weighted by molar-refractivity contribution is 5.79. The normalized spacial score (nSPS) is 9.89. The van der Waals surface area contributed by atoms with Crippen LogP contribution < -0.4 is 5.32 Å². The van der Waals surface area contributed by atoms with E-state index in [1.807, 2.05) is 13.8 Å². The monoisotopic (exact) mass is 258 g/mol. The van der Waals surface area contributed by atoms with Crippen LogP contribution in [0.15, 0.2) is 0 Å². The molecule has 0 aromatic carbocycles. The second kappa shape index (κ2) is 9.44. The molecule has 0 aliphatic rings. The molecule has 0 bridgehead atoms. The molecule has 18 heavy (non-hydrogen) atoms. The van der Waals surface area contributed by atoms with Gasteiger partial charge in [-0.15, -0.1) is 0 Å². The summed E-state index contributed by atoms with van der Waals surface area (Å²) in [6.45, 7) is 5.46. The summed E-state index contributed by atoms with van der Waals surface area (Å²) in [6, 6.07) is 0. The first-order chi connectivity index (χ1) is 8.51. The minimum atomic E-state index is -0.903. The minimum absolute atomic E-state index is 0.00814. The fraction of sp³-hybridized carbons (Fsp3) is 0.750. The van der Waals surface area contributed by atoms with Crippen LogP contribution >= 0.6 is 0 Å². The second-order valence-electron chi connectivity index (χ2n) is 3.91. The lowest BCUT2D eigenvalue weighted by Gasteiger charge is -2.18. The standard InChI is InChI=1S/C12H22N2O4/c1-3-14(4-2)11(16)8-9-13-10(15)6-5-7-12(17)18/h3-9H2,1-2H3,(H,13,15)(H,17,18). The molecular weight excluding hydrogens is 236 g/mol. The number of nitrogens with zero attached hydrogens (tertiary/aromatic N) is 1. The summed E-state index contributed by atoms with van der Waals surface area (Å²) < 4.78 is 0. The molecule has 0 saturated carbocycles. The molecule has 0 aromatic heterocycles. The predicted octanol–water partition coefficient (Wildman–Crippen LogP) is 0.616. The molecule has 0 unspecified atom stereocenters. The first-order valence-electron chi connectivity index (χ1n) is 6.27. The van der Waals surface area contributed by atoms with E-state index in [-0.39, 0.29) is 31.1 Å². The fourth-order valence-corrected chi connectivity index (χ4v) is 1.53. The smallest absolute Gasteiger partial charge is 0.303 e. The average Bonchev–Trinajstić information content (AvgIpc) is 2.30. The number of carboxylic acid groups (broad SMARTS) is 1. The average molecular weight is 258 g/mol. The number of carbonyl (C=O) groups is 3. The summed E-state index contributed by atoms with van der Waals surface area (Å²) in [7, 11) is 0. The van der Waals surface area contributed by atoms with Crippen LogP contribution in [0.5, 0.6) is 0 Å². The van der Waals surface area contributed by atoms with Crippen molar-refractivity contribution in [3.05, 3.63) is 0 Å². The van der Waals surface area contributed by atoms with E-state index in [4.69, 9.17) is 5.11 Å². The van der Waals surface area contributed by atoms with Gasteiger partial charge in [0.05, 0.1) is 0 Å². The highest BCUT2D eigenvalue weighted by Gasteiger charge is 2.09. The number of carboxylic acids is 1. The first kappa shape index (κ1) is 16.4. The Morgan fingerprint density at radius 2 is 1.67 bits per heavy atom. The van der Waals surface area contributed by atoms with Gasteiger partial charge in [0, 0.05) is 38.9 Å². The number of aliphatic carboxylic acids is 1. The fourth-order valence-electron chi connectivity index (χ4n) is 1.53. The van der Waals surface area contributed by atoms with Crippen LogP contribution in [-0.2, 0) is 14.4 Å². The van der Waals surface area contributed by atoms with Crippen LogP contribution in [0.25, 0.3) is 0 Å². The Hall–Kier alpha value is -1.59. The van der Waals surface area contributed by atoms with E-state index < -0.39 is 5.97 Å². The Labute approximate surface area is 107 Å². The molecule has 2 N–H and O–H groups in total. The quantitative estimate of drug-likeness (QED) is 0.634. The zero-order valence-electron chi connectivity index (χ0n) is 11.1. The van der Waals surface area contributed by atoms with Crippen molar-refractivity contribution in [3.63, 3.8) is 0 Å². The number of nitrogens with one attached hydrogen (secondary N) is 1. The summed E-state index contributed by atoms with van der Waals surface area (Å²) in [6.07, 6.45) is 0.787. The Bertz CT molecular complexity index is 288. The van der Waals surface area contributed by atoms with E-state index >= 15 is 0 Å². The Kier molecular flexibility index (Phi) is 8.61. The summed E-state index contributed by atoms with van der Waals surface area (Å²) >= 11 is 0. The maximum absolute atomic E-state index is 11.6. The van der Waals surface area contributed by atoms with Crippen LogP contribution in [0.3, 0.4) is 0 Å². The molecule has 0 aliphatic heterocycles. The molecule has 6 heteroatoms. The molecule has 6 nitrogen and oxygen atoms in total. The molecule has 104 valence electrons. The van der Waals surface area contributed by atoms with Crippen LogP contribution in [0.2, 0.25) is 0 Å². The van der Waals surface area contributed by atoms with Gasteiger partial charge in [0.2, 0.25) is 11.8 Å². The Balaban J connectivity index is 3.67. The van der Waals surface area contributed by atoms with E-state index in [2.05, 4.69) is 5.32 Å². The van der Waals surface area contributed by atoms with Crippen molar-refractivity contribution in [3.8, 4) is 0 Å². The van der Waals surface area contributed by atoms with Crippen molar-refractivity contribution < 1.29 is 19.5 Å².